The molecule has 0 atom stereocenters. The Hall–Kier alpha value is -0.840. The van der Waals surface area contributed by atoms with Crippen molar-refractivity contribution < 1.29 is 13.9 Å². The van der Waals surface area contributed by atoms with Crippen LogP contribution in [0.1, 0.15) is 26.3 Å². The molecular formula is C13H23NO3. The van der Waals surface area contributed by atoms with Crippen molar-refractivity contribution in [2.45, 2.75) is 32.9 Å². The second-order valence-corrected chi connectivity index (χ2v) is 4.88. The zero-order valence-electron chi connectivity index (χ0n) is 11.0. The molecule has 0 aliphatic carbocycles. The summed E-state index contributed by atoms with van der Waals surface area (Å²) in [5, 5.41) is 3.27. The Morgan fingerprint density at radius 1 is 1.24 bits per heavy atom. The van der Waals surface area contributed by atoms with Crippen LogP contribution in [0, 0.1) is 0 Å². The maximum atomic E-state index is 5.54. The molecule has 1 rings (SSSR count). The van der Waals surface area contributed by atoms with Crippen LogP contribution in [0.2, 0.25) is 0 Å². The Labute approximate surface area is 103 Å². The Morgan fingerprint density at radius 2 is 2.06 bits per heavy atom. The first kappa shape index (κ1) is 14.2. The van der Waals surface area contributed by atoms with Crippen LogP contribution >= 0.6 is 0 Å². The van der Waals surface area contributed by atoms with E-state index >= 15 is 0 Å². The summed E-state index contributed by atoms with van der Waals surface area (Å²) in [7, 11) is 0. The predicted molar refractivity (Wildman–Crippen MR) is 66.9 cm³/mol. The molecular weight excluding hydrogens is 218 g/mol. The highest BCUT2D eigenvalue weighted by molar-refractivity contribution is 5.04. The van der Waals surface area contributed by atoms with Gasteiger partial charge in [0.2, 0.25) is 0 Å². The van der Waals surface area contributed by atoms with Gasteiger partial charge in [0.25, 0.3) is 0 Å². The van der Waals surface area contributed by atoms with Gasteiger partial charge in [-0.25, -0.2) is 0 Å². The highest BCUT2D eigenvalue weighted by Crippen LogP contribution is 2.05. The van der Waals surface area contributed by atoms with Crippen LogP contribution in [0.15, 0.2) is 23.0 Å². The molecule has 98 valence electrons. The number of furan rings is 1. The quantitative estimate of drug-likeness (QED) is 0.709. The third-order valence-electron chi connectivity index (χ3n) is 2.10. The van der Waals surface area contributed by atoms with Gasteiger partial charge in [0.15, 0.2) is 0 Å². The van der Waals surface area contributed by atoms with Crippen LogP contribution in [-0.2, 0) is 16.0 Å². The molecule has 0 saturated heterocycles. The van der Waals surface area contributed by atoms with Gasteiger partial charge < -0.3 is 19.2 Å². The SMILES string of the molecule is CC(C)(C)OCCOCCNCc1ccoc1. The summed E-state index contributed by atoms with van der Waals surface area (Å²) in [5.41, 5.74) is 1.07. The van der Waals surface area contributed by atoms with E-state index in [2.05, 4.69) is 5.32 Å². The fourth-order valence-corrected chi connectivity index (χ4v) is 1.28. The second kappa shape index (κ2) is 7.48. The van der Waals surface area contributed by atoms with E-state index in [0.717, 1.165) is 18.7 Å². The third kappa shape index (κ3) is 7.96. The molecule has 1 aromatic heterocycles. The highest BCUT2D eigenvalue weighted by Gasteiger charge is 2.08. The van der Waals surface area contributed by atoms with Crippen LogP contribution in [0.4, 0.5) is 0 Å². The van der Waals surface area contributed by atoms with Crippen molar-refractivity contribution in [2.24, 2.45) is 0 Å². The molecule has 4 heteroatoms. The number of hydrogen-bond acceptors (Lipinski definition) is 4. The van der Waals surface area contributed by atoms with E-state index in [1.54, 1.807) is 12.5 Å². The summed E-state index contributed by atoms with van der Waals surface area (Å²) < 4.78 is 15.9. The van der Waals surface area contributed by atoms with Gasteiger partial charge in [0.05, 0.1) is 37.9 Å². The lowest BCUT2D eigenvalue weighted by Gasteiger charge is -2.19. The van der Waals surface area contributed by atoms with Gasteiger partial charge in [-0.1, -0.05) is 0 Å². The normalized spacial score (nSPS) is 11.9. The molecule has 1 heterocycles. The van der Waals surface area contributed by atoms with Gasteiger partial charge in [-0.15, -0.1) is 0 Å². The molecule has 0 saturated carbocycles. The van der Waals surface area contributed by atoms with Crippen LogP contribution in [0.25, 0.3) is 0 Å². The Kier molecular flexibility index (Phi) is 6.26. The fourth-order valence-electron chi connectivity index (χ4n) is 1.28. The maximum absolute atomic E-state index is 5.54. The van der Waals surface area contributed by atoms with Gasteiger partial charge in [-0.3, -0.25) is 0 Å². The smallest absolute Gasteiger partial charge is 0.0947 e. The topological polar surface area (TPSA) is 43.6 Å². The molecule has 0 spiro atoms. The van der Waals surface area contributed by atoms with E-state index < -0.39 is 0 Å². The predicted octanol–water partition coefficient (Wildman–Crippen LogP) is 2.20. The summed E-state index contributed by atoms with van der Waals surface area (Å²) >= 11 is 0. The van der Waals surface area contributed by atoms with E-state index in [4.69, 9.17) is 13.9 Å². The second-order valence-electron chi connectivity index (χ2n) is 4.88. The zero-order chi connectivity index (χ0) is 12.6. The van der Waals surface area contributed by atoms with Gasteiger partial charge in [0, 0.05) is 18.7 Å². The first-order valence-electron chi connectivity index (χ1n) is 6.01. The molecule has 0 amide bonds. The van der Waals surface area contributed by atoms with E-state index in [0.29, 0.717) is 19.8 Å². The lowest BCUT2D eigenvalue weighted by molar-refractivity contribution is -0.0343. The van der Waals surface area contributed by atoms with E-state index in [1.165, 1.54) is 0 Å². The summed E-state index contributed by atoms with van der Waals surface area (Å²) in [6.07, 6.45) is 3.42. The van der Waals surface area contributed by atoms with Crippen molar-refractivity contribution in [3.05, 3.63) is 24.2 Å². The number of rotatable bonds is 8. The molecule has 0 radical (unpaired) electrons. The Bertz CT molecular complexity index is 277. The molecule has 0 bridgehead atoms. The van der Waals surface area contributed by atoms with Gasteiger partial charge in [0.1, 0.15) is 0 Å². The first-order valence-corrected chi connectivity index (χ1v) is 6.01. The average Bonchev–Trinajstić information content (AvgIpc) is 2.73. The van der Waals surface area contributed by atoms with Crippen molar-refractivity contribution in [3.8, 4) is 0 Å². The lowest BCUT2D eigenvalue weighted by atomic mass is 10.2. The molecule has 0 unspecified atom stereocenters. The Morgan fingerprint density at radius 3 is 2.71 bits per heavy atom. The fraction of sp³-hybridized carbons (Fsp3) is 0.692. The first-order chi connectivity index (χ1) is 8.08. The highest BCUT2D eigenvalue weighted by atomic mass is 16.5. The molecule has 0 aromatic carbocycles. The summed E-state index contributed by atoms with van der Waals surface area (Å²) in [6.45, 7) is 9.76. The van der Waals surface area contributed by atoms with Gasteiger partial charge >= 0.3 is 0 Å². The van der Waals surface area contributed by atoms with Crippen molar-refractivity contribution in [1.82, 2.24) is 5.32 Å². The summed E-state index contributed by atoms with van der Waals surface area (Å²) in [4.78, 5) is 0. The van der Waals surface area contributed by atoms with Gasteiger partial charge in [-0.05, 0) is 26.8 Å². The monoisotopic (exact) mass is 241 g/mol. The molecule has 17 heavy (non-hydrogen) atoms. The molecule has 0 fully saturated rings. The Balaban J connectivity index is 1.85. The van der Waals surface area contributed by atoms with Crippen molar-refractivity contribution in [2.75, 3.05) is 26.4 Å². The standard InChI is InChI=1S/C13H23NO3/c1-13(2,3)17-9-8-15-7-5-14-10-12-4-6-16-11-12/h4,6,11,14H,5,7-10H2,1-3H3. The van der Waals surface area contributed by atoms with Crippen molar-refractivity contribution in [3.63, 3.8) is 0 Å². The van der Waals surface area contributed by atoms with Crippen LogP contribution in [-0.4, -0.2) is 32.0 Å². The minimum absolute atomic E-state index is 0.0805. The molecule has 0 aliphatic heterocycles. The number of ether oxygens (including phenoxy) is 2. The molecule has 4 nitrogen and oxygen atoms in total. The molecule has 1 N–H and O–H groups in total. The van der Waals surface area contributed by atoms with E-state index in [-0.39, 0.29) is 5.60 Å². The van der Waals surface area contributed by atoms with Crippen molar-refractivity contribution >= 4 is 0 Å². The van der Waals surface area contributed by atoms with Crippen LogP contribution < -0.4 is 5.32 Å². The molecule has 1 aromatic rings. The van der Waals surface area contributed by atoms with Crippen molar-refractivity contribution in [1.29, 1.82) is 0 Å². The van der Waals surface area contributed by atoms with Crippen LogP contribution in [0.5, 0.6) is 0 Å². The third-order valence-corrected chi connectivity index (χ3v) is 2.10. The summed E-state index contributed by atoms with van der Waals surface area (Å²) in [6, 6.07) is 1.95. The summed E-state index contributed by atoms with van der Waals surface area (Å²) in [5.74, 6) is 0. The largest absolute Gasteiger partial charge is 0.472 e. The average molecular weight is 241 g/mol. The van der Waals surface area contributed by atoms with E-state index in [1.807, 2.05) is 26.8 Å². The maximum Gasteiger partial charge on any atom is 0.0947 e. The molecule has 0 aliphatic rings. The lowest BCUT2D eigenvalue weighted by Crippen LogP contribution is -2.23. The van der Waals surface area contributed by atoms with Gasteiger partial charge in [-0.2, -0.15) is 0 Å². The zero-order valence-corrected chi connectivity index (χ0v) is 11.0. The minimum Gasteiger partial charge on any atom is -0.472 e. The number of hydrogen-bond donors (Lipinski definition) is 1. The number of nitrogens with one attached hydrogen (secondary N) is 1. The van der Waals surface area contributed by atoms with Crippen LogP contribution in [0.3, 0.4) is 0 Å². The van der Waals surface area contributed by atoms with E-state index in [9.17, 15) is 0 Å². The minimum atomic E-state index is -0.0805.